The van der Waals surface area contributed by atoms with Crippen LogP contribution in [-0.2, 0) is 4.74 Å². The highest BCUT2D eigenvalue weighted by molar-refractivity contribution is 6.30. The van der Waals surface area contributed by atoms with Gasteiger partial charge in [0.25, 0.3) is 0 Å². The molecule has 23 heavy (non-hydrogen) atoms. The number of carbonyl (C=O) groups is 3. The van der Waals surface area contributed by atoms with Crippen molar-refractivity contribution in [2.75, 3.05) is 6.61 Å². The predicted molar refractivity (Wildman–Crippen MR) is 85.1 cm³/mol. The number of Topliss-reactive ketones (excluding diaryl/α,β-unsaturated/α-hetero) is 2. The van der Waals surface area contributed by atoms with E-state index in [1.807, 2.05) is 13.0 Å². The Bertz CT molecular complexity index is 915. The van der Waals surface area contributed by atoms with Crippen LogP contribution < -0.4 is 0 Å². The van der Waals surface area contributed by atoms with Crippen molar-refractivity contribution >= 4 is 23.1 Å². The SMILES string of the molecule is CCOC(=O)c1c2c(n3ccc(C)cc13)C(=O)C(C)=C(C)C2=O. The van der Waals surface area contributed by atoms with Crippen molar-refractivity contribution in [1.82, 2.24) is 4.40 Å². The van der Waals surface area contributed by atoms with E-state index < -0.39 is 5.97 Å². The molecule has 5 nitrogen and oxygen atoms in total. The van der Waals surface area contributed by atoms with E-state index in [-0.39, 0.29) is 35.0 Å². The first-order valence-electron chi connectivity index (χ1n) is 7.47. The maximum absolute atomic E-state index is 12.7. The predicted octanol–water partition coefficient (Wildman–Crippen LogP) is 3.14. The third kappa shape index (κ3) is 2.04. The minimum Gasteiger partial charge on any atom is -0.462 e. The molecule has 2 heterocycles. The van der Waals surface area contributed by atoms with Gasteiger partial charge < -0.3 is 9.14 Å². The number of ether oxygens (including phenoxy) is 1. The number of hydrogen-bond acceptors (Lipinski definition) is 4. The number of carbonyl (C=O) groups excluding carboxylic acids is 3. The molecule has 118 valence electrons. The van der Waals surface area contributed by atoms with Crippen molar-refractivity contribution in [2.45, 2.75) is 27.7 Å². The van der Waals surface area contributed by atoms with E-state index in [1.165, 1.54) is 0 Å². The number of aromatic nitrogens is 1. The minimum atomic E-state index is -0.578. The van der Waals surface area contributed by atoms with Crippen LogP contribution in [0.2, 0.25) is 0 Å². The molecular weight excluding hydrogens is 294 g/mol. The maximum atomic E-state index is 12.7. The fourth-order valence-corrected chi connectivity index (χ4v) is 2.92. The second kappa shape index (κ2) is 5.19. The highest BCUT2D eigenvalue weighted by Crippen LogP contribution is 2.33. The number of hydrogen-bond donors (Lipinski definition) is 0. The van der Waals surface area contributed by atoms with E-state index in [1.54, 1.807) is 37.4 Å². The minimum absolute atomic E-state index is 0.155. The summed E-state index contributed by atoms with van der Waals surface area (Å²) in [5, 5.41) is 0. The highest BCUT2D eigenvalue weighted by Gasteiger charge is 2.37. The smallest absolute Gasteiger partial charge is 0.341 e. The van der Waals surface area contributed by atoms with Gasteiger partial charge in [0, 0.05) is 17.3 Å². The van der Waals surface area contributed by atoms with Crippen molar-refractivity contribution in [1.29, 1.82) is 0 Å². The van der Waals surface area contributed by atoms with Gasteiger partial charge in [0.15, 0.2) is 5.78 Å². The van der Waals surface area contributed by atoms with E-state index in [2.05, 4.69) is 0 Å². The summed E-state index contributed by atoms with van der Waals surface area (Å²) in [4.78, 5) is 37.8. The molecule has 2 aromatic rings. The van der Waals surface area contributed by atoms with Crippen molar-refractivity contribution < 1.29 is 19.1 Å². The average Bonchev–Trinajstić information content (AvgIpc) is 2.85. The number of allylic oxidation sites excluding steroid dienone is 2. The van der Waals surface area contributed by atoms with E-state index >= 15 is 0 Å². The van der Waals surface area contributed by atoms with E-state index in [9.17, 15) is 14.4 Å². The Morgan fingerprint density at radius 2 is 1.78 bits per heavy atom. The van der Waals surface area contributed by atoms with Crippen LogP contribution in [0, 0.1) is 6.92 Å². The van der Waals surface area contributed by atoms with Crippen LogP contribution in [0.5, 0.6) is 0 Å². The summed E-state index contributed by atoms with van der Waals surface area (Å²) in [7, 11) is 0. The average molecular weight is 311 g/mol. The van der Waals surface area contributed by atoms with Gasteiger partial charge in [0.2, 0.25) is 5.78 Å². The van der Waals surface area contributed by atoms with Gasteiger partial charge in [-0.15, -0.1) is 0 Å². The van der Waals surface area contributed by atoms with Gasteiger partial charge in [-0.05, 0) is 45.4 Å². The second-order valence-corrected chi connectivity index (χ2v) is 5.69. The molecule has 0 spiro atoms. The summed E-state index contributed by atoms with van der Waals surface area (Å²) in [6.07, 6.45) is 1.71. The molecule has 2 aromatic heterocycles. The molecule has 0 unspecified atom stereocenters. The van der Waals surface area contributed by atoms with Crippen molar-refractivity contribution in [2.24, 2.45) is 0 Å². The van der Waals surface area contributed by atoms with Crippen molar-refractivity contribution in [3.63, 3.8) is 0 Å². The number of rotatable bonds is 2. The van der Waals surface area contributed by atoms with Crippen LogP contribution in [0.4, 0.5) is 0 Å². The van der Waals surface area contributed by atoms with Crippen LogP contribution >= 0.6 is 0 Å². The number of fused-ring (bicyclic) bond motifs is 3. The topological polar surface area (TPSA) is 64.8 Å². The first kappa shape index (κ1) is 15.2. The van der Waals surface area contributed by atoms with E-state index in [4.69, 9.17) is 4.74 Å². The zero-order valence-electron chi connectivity index (χ0n) is 13.5. The maximum Gasteiger partial charge on any atom is 0.341 e. The zero-order valence-corrected chi connectivity index (χ0v) is 13.5. The highest BCUT2D eigenvalue weighted by atomic mass is 16.5. The zero-order chi connectivity index (χ0) is 16.9. The number of aryl methyl sites for hydroxylation is 1. The molecule has 1 aliphatic rings. The summed E-state index contributed by atoms with van der Waals surface area (Å²) in [6, 6.07) is 3.62. The van der Waals surface area contributed by atoms with Crippen LogP contribution in [0.25, 0.3) is 5.52 Å². The largest absolute Gasteiger partial charge is 0.462 e. The lowest BCUT2D eigenvalue weighted by molar-refractivity contribution is 0.0526. The van der Waals surface area contributed by atoms with Crippen molar-refractivity contribution in [3.8, 4) is 0 Å². The Balaban J connectivity index is 2.45. The number of nitrogens with zero attached hydrogens (tertiary/aromatic N) is 1. The lowest BCUT2D eigenvalue weighted by Gasteiger charge is -2.14. The molecule has 3 rings (SSSR count). The van der Waals surface area contributed by atoms with Gasteiger partial charge in [-0.25, -0.2) is 4.79 Å². The first-order chi connectivity index (χ1) is 10.9. The third-order valence-corrected chi connectivity index (χ3v) is 4.26. The summed E-state index contributed by atoms with van der Waals surface area (Å²) >= 11 is 0. The van der Waals surface area contributed by atoms with Gasteiger partial charge in [-0.2, -0.15) is 0 Å². The molecule has 0 saturated heterocycles. The molecule has 0 saturated carbocycles. The Morgan fingerprint density at radius 3 is 2.43 bits per heavy atom. The molecule has 0 atom stereocenters. The standard InChI is InChI=1S/C18H17NO4/c1-5-23-18(22)13-12-8-9(2)6-7-19(12)15-14(13)16(20)10(3)11(4)17(15)21/h6-8H,5H2,1-4H3. The second-order valence-electron chi connectivity index (χ2n) is 5.69. The van der Waals surface area contributed by atoms with Crippen LogP contribution in [0.15, 0.2) is 29.5 Å². The van der Waals surface area contributed by atoms with E-state index in [0.29, 0.717) is 16.7 Å². The van der Waals surface area contributed by atoms with Gasteiger partial charge in [0.05, 0.1) is 23.3 Å². The summed E-state index contributed by atoms with van der Waals surface area (Å²) in [5.74, 6) is -1.10. The first-order valence-corrected chi connectivity index (χ1v) is 7.47. The Kier molecular flexibility index (Phi) is 3.43. The van der Waals surface area contributed by atoms with Crippen molar-refractivity contribution in [3.05, 3.63) is 51.9 Å². The lowest BCUT2D eigenvalue weighted by Crippen LogP contribution is -2.22. The molecule has 0 N–H and O–H groups in total. The monoisotopic (exact) mass is 311 g/mol. The van der Waals surface area contributed by atoms with Crippen LogP contribution in [-0.4, -0.2) is 28.5 Å². The van der Waals surface area contributed by atoms with Gasteiger partial charge in [0.1, 0.15) is 5.69 Å². The van der Waals surface area contributed by atoms with Gasteiger partial charge in [-0.1, -0.05) is 0 Å². The number of ketones is 2. The Morgan fingerprint density at radius 1 is 1.13 bits per heavy atom. The fraction of sp³-hybridized carbons (Fsp3) is 0.278. The molecular formula is C18H17NO4. The fourth-order valence-electron chi connectivity index (χ4n) is 2.92. The molecule has 5 heteroatoms. The lowest BCUT2D eigenvalue weighted by atomic mass is 9.87. The molecule has 0 aliphatic heterocycles. The Hall–Kier alpha value is -2.69. The molecule has 0 fully saturated rings. The Labute approximate surface area is 133 Å². The number of pyridine rings is 1. The summed E-state index contributed by atoms with van der Waals surface area (Å²) in [5.41, 5.74) is 2.82. The van der Waals surface area contributed by atoms with Gasteiger partial charge >= 0.3 is 5.97 Å². The molecule has 0 aromatic carbocycles. The summed E-state index contributed by atoms with van der Waals surface area (Å²) in [6.45, 7) is 7.04. The third-order valence-electron chi connectivity index (χ3n) is 4.26. The molecule has 1 aliphatic carbocycles. The molecule has 0 bridgehead atoms. The summed E-state index contributed by atoms with van der Waals surface area (Å²) < 4.78 is 6.73. The molecule has 0 amide bonds. The molecule has 0 radical (unpaired) electrons. The van der Waals surface area contributed by atoms with Gasteiger partial charge in [-0.3, -0.25) is 9.59 Å². The number of esters is 1. The normalized spacial score (nSPS) is 14.4. The van der Waals surface area contributed by atoms with Crippen LogP contribution in [0.1, 0.15) is 57.5 Å². The quantitative estimate of drug-likeness (QED) is 0.799. The van der Waals surface area contributed by atoms with Crippen LogP contribution in [0.3, 0.4) is 0 Å². The van der Waals surface area contributed by atoms with E-state index in [0.717, 1.165) is 5.56 Å².